The van der Waals surface area contributed by atoms with E-state index in [1.807, 2.05) is 29.0 Å². The van der Waals surface area contributed by atoms with Crippen LogP contribution in [0.5, 0.6) is 0 Å². The van der Waals surface area contributed by atoms with Crippen molar-refractivity contribution in [3.63, 3.8) is 0 Å². The largest absolute Gasteiger partial charge is 0.396 e. The van der Waals surface area contributed by atoms with Gasteiger partial charge in [-0.1, -0.05) is 11.6 Å². The highest BCUT2D eigenvalue weighted by Gasteiger charge is 2.21. The number of imidazole rings is 1. The fourth-order valence-corrected chi connectivity index (χ4v) is 3.54. The van der Waals surface area contributed by atoms with Crippen LogP contribution in [0.1, 0.15) is 12.8 Å². The molecule has 0 spiro atoms. The summed E-state index contributed by atoms with van der Waals surface area (Å²) in [6.07, 6.45) is 7.63. The number of nitrogens with zero attached hydrogens (tertiary/aromatic N) is 4. The Hall–Kier alpha value is -2.11. The van der Waals surface area contributed by atoms with E-state index in [-0.39, 0.29) is 6.61 Å². The molecule has 1 aliphatic rings. The van der Waals surface area contributed by atoms with Crippen LogP contribution in [-0.2, 0) is 0 Å². The van der Waals surface area contributed by atoms with Gasteiger partial charge in [-0.25, -0.2) is 9.97 Å². The summed E-state index contributed by atoms with van der Waals surface area (Å²) >= 11 is 6.17. The number of pyridine rings is 1. The van der Waals surface area contributed by atoms with Crippen LogP contribution in [-0.4, -0.2) is 39.3 Å². The molecule has 1 aromatic carbocycles. The summed E-state index contributed by atoms with van der Waals surface area (Å²) in [5.74, 6) is 1.24. The van der Waals surface area contributed by atoms with Crippen molar-refractivity contribution in [2.45, 2.75) is 12.8 Å². The van der Waals surface area contributed by atoms with Gasteiger partial charge in [0.25, 0.3) is 0 Å². The maximum absolute atomic E-state index is 9.49. The molecule has 24 heavy (non-hydrogen) atoms. The normalized spacial score (nSPS) is 18.2. The molecule has 0 saturated carbocycles. The van der Waals surface area contributed by atoms with Gasteiger partial charge in [0.05, 0.1) is 17.5 Å². The highest BCUT2D eigenvalue weighted by atomic mass is 35.5. The molecule has 4 rings (SSSR count). The van der Waals surface area contributed by atoms with Crippen LogP contribution in [0.15, 0.2) is 43.0 Å². The number of benzene rings is 1. The van der Waals surface area contributed by atoms with Crippen molar-refractivity contribution in [1.29, 1.82) is 0 Å². The first-order valence-corrected chi connectivity index (χ1v) is 8.57. The van der Waals surface area contributed by atoms with Gasteiger partial charge in [-0.15, -0.1) is 0 Å². The molecule has 0 amide bonds. The van der Waals surface area contributed by atoms with Crippen LogP contribution in [0.4, 0.5) is 5.82 Å². The van der Waals surface area contributed by atoms with Crippen molar-refractivity contribution in [1.82, 2.24) is 14.5 Å². The molecule has 0 bridgehead atoms. The third kappa shape index (κ3) is 2.85. The first-order chi connectivity index (χ1) is 11.7. The van der Waals surface area contributed by atoms with Crippen LogP contribution in [0, 0.1) is 5.92 Å². The van der Waals surface area contributed by atoms with E-state index in [9.17, 15) is 5.11 Å². The third-order valence-corrected chi connectivity index (χ3v) is 4.86. The molecule has 6 heteroatoms. The molecule has 1 fully saturated rings. The molecule has 0 aliphatic carbocycles. The minimum absolute atomic E-state index is 0.226. The number of fused-ring (bicyclic) bond motifs is 1. The van der Waals surface area contributed by atoms with E-state index in [0.29, 0.717) is 10.9 Å². The van der Waals surface area contributed by atoms with Gasteiger partial charge in [0.15, 0.2) is 0 Å². The molecule has 3 aromatic rings. The summed E-state index contributed by atoms with van der Waals surface area (Å²) in [5.41, 5.74) is 1.91. The quantitative estimate of drug-likeness (QED) is 0.793. The van der Waals surface area contributed by atoms with E-state index in [0.717, 1.165) is 48.3 Å². The molecule has 1 N–H and O–H groups in total. The SMILES string of the molecule is OCC1CCCN(c2cc(-n3ccnc3)c3ccc(Cl)cc3n2)C1. The lowest BCUT2D eigenvalue weighted by molar-refractivity contribution is 0.208. The first-order valence-electron chi connectivity index (χ1n) is 8.19. The van der Waals surface area contributed by atoms with E-state index < -0.39 is 0 Å². The Morgan fingerprint density at radius 1 is 1.29 bits per heavy atom. The molecule has 3 heterocycles. The standard InChI is InChI=1S/C18H19ClN4O/c19-14-3-4-15-16(8-14)21-18(9-17(15)23-7-5-20-12-23)22-6-1-2-13(10-22)11-24/h3-5,7-9,12-13,24H,1-2,6,10-11H2. The van der Waals surface area contributed by atoms with Gasteiger partial charge in [0.1, 0.15) is 5.82 Å². The fourth-order valence-electron chi connectivity index (χ4n) is 3.37. The Kier molecular flexibility index (Phi) is 4.12. The minimum Gasteiger partial charge on any atom is -0.396 e. The predicted octanol–water partition coefficient (Wildman–Crippen LogP) is 3.28. The lowest BCUT2D eigenvalue weighted by Crippen LogP contribution is -2.37. The summed E-state index contributed by atoms with van der Waals surface area (Å²) in [6, 6.07) is 7.87. The molecule has 1 aliphatic heterocycles. The van der Waals surface area contributed by atoms with Gasteiger partial charge in [-0.05, 0) is 37.0 Å². The lowest BCUT2D eigenvalue weighted by Gasteiger charge is -2.33. The molecule has 1 unspecified atom stereocenters. The van der Waals surface area contributed by atoms with Gasteiger partial charge in [-0.3, -0.25) is 0 Å². The number of piperidine rings is 1. The number of aromatic nitrogens is 3. The molecule has 0 radical (unpaired) electrons. The van der Waals surface area contributed by atoms with Gasteiger partial charge in [-0.2, -0.15) is 0 Å². The number of aliphatic hydroxyl groups is 1. The van der Waals surface area contributed by atoms with Gasteiger partial charge in [0, 0.05) is 48.6 Å². The number of rotatable bonds is 3. The summed E-state index contributed by atoms with van der Waals surface area (Å²) < 4.78 is 1.99. The summed E-state index contributed by atoms with van der Waals surface area (Å²) in [6.45, 7) is 2.02. The van der Waals surface area contributed by atoms with E-state index in [4.69, 9.17) is 16.6 Å². The van der Waals surface area contributed by atoms with E-state index in [1.54, 1.807) is 12.5 Å². The van der Waals surface area contributed by atoms with Crippen LogP contribution < -0.4 is 4.90 Å². The topological polar surface area (TPSA) is 54.2 Å². The zero-order chi connectivity index (χ0) is 16.5. The second kappa shape index (κ2) is 6.42. The van der Waals surface area contributed by atoms with E-state index in [2.05, 4.69) is 16.0 Å². The maximum atomic E-state index is 9.49. The molecule has 1 saturated heterocycles. The summed E-state index contributed by atoms with van der Waals surface area (Å²) in [4.78, 5) is 11.2. The van der Waals surface area contributed by atoms with Crippen molar-refractivity contribution in [2.24, 2.45) is 5.92 Å². The van der Waals surface area contributed by atoms with Crippen molar-refractivity contribution < 1.29 is 5.11 Å². The average Bonchev–Trinajstić information content (AvgIpc) is 3.15. The predicted molar refractivity (Wildman–Crippen MR) is 95.9 cm³/mol. The number of aliphatic hydroxyl groups excluding tert-OH is 1. The Labute approximate surface area is 145 Å². The molecular formula is C18H19ClN4O. The second-order valence-electron chi connectivity index (χ2n) is 6.27. The molecule has 5 nitrogen and oxygen atoms in total. The number of anilines is 1. The van der Waals surface area contributed by atoms with Crippen molar-refractivity contribution in [3.05, 3.63) is 48.0 Å². The first kappa shape index (κ1) is 15.4. The van der Waals surface area contributed by atoms with Crippen LogP contribution in [0.3, 0.4) is 0 Å². The van der Waals surface area contributed by atoms with Crippen molar-refractivity contribution >= 4 is 28.3 Å². The summed E-state index contributed by atoms with van der Waals surface area (Å²) in [7, 11) is 0. The Morgan fingerprint density at radius 2 is 2.21 bits per heavy atom. The highest BCUT2D eigenvalue weighted by Crippen LogP contribution is 2.30. The van der Waals surface area contributed by atoms with E-state index in [1.165, 1.54) is 0 Å². The van der Waals surface area contributed by atoms with Crippen LogP contribution >= 0.6 is 11.6 Å². The van der Waals surface area contributed by atoms with Crippen LogP contribution in [0.2, 0.25) is 5.02 Å². The van der Waals surface area contributed by atoms with E-state index >= 15 is 0 Å². The average molecular weight is 343 g/mol. The zero-order valence-corrected chi connectivity index (χ0v) is 14.0. The molecule has 1 atom stereocenters. The smallest absolute Gasteiger partial charge is 0.131 e. The molecule has 2 aromatic heterocycles. The second-order valence-corrected chi connectivity index (χ2v) is 6.70. The van der Waals surface area contributed by atoms with Gasteiger partial charge >= 0.3 is 0 Å². The number of hydrogen-bond acceptors (Lipinski definition) is 4. The fraction of sp³-hybridized carbons (Fsp3) is 0.333. The highest BCUT2D eigenvalue weighted by molar-refractivity contribution is 6.31. The third-order valence-electron chi connectivity index (χ3n) is 4.62. The van der Waals surface area contributed by atoms with Crippen LogP contribution in [0.25, 0.3) is 16.6 Å². The Bertz CT molecular complexity index is 850. The van der Waals surface area contributed by atoms with Gasteiger partial charge in [0.2, 0.25) is 0 Å². The number of halogens is 1. The Morgan fingerprint density at radius 3 is 3.00 bits per heavy atom. The molecular weight excluding hydrogens is 324 g/mol. The molecule has 124 valence electrons. The van der Waals surface area contributed by atoms with Crippen molar-refractivity contribution in [3.8, 4) is 5.69 Å². The number of hydrogen-bond donors (Lipinski definition) is 1. The maximum Gasteiger partial charge on any atom is 0.131 e. The minimum atomic E-state index is 0.226. The van der Waals surface area contributed by atoms with Gasteiger partial charge < -0.3 is 14.6 Å². The van der Waals surface area contributed by atoms with Crippen molar-refractivity contribution in [2.75, 3.05) is 24.6 Å². The Balaban J connectivity index is 1.84. The summed E-state index contributed by atoms with van der Waals surface area (Å²) in [5, 5.41) is 11.2. The zero-order valence-electron chi connectivity index (χ0n) is 13.3. The lowest BCUT2D eigenvalue weighted by atomic mass is 9.99. The monoisotopic (exact) mass is 342 g/mol.